The average molecular weight is 413 g/mol. The number of anilines is 1. The molecule has 110 valence electrons. The van der Waals surface area contributed by atoms with Gasteiger partial charge in [-0.25, -0.2) is 0 Å². The Balaban J connectivity index is 1.83. The Hall–Kier alpha value is -1.20. The van der Waals surface area contributed by atoms with E-state index in [2.05, 4.69) is 62.3 Å². The first-order chi connectivity index (χ1) is 10.1. The summed E-state index contributed by atoms with van der Waals surface area (Å²) in [4.78, 5) is 0. The van der Waals surface area contributed by atoms with Crippen LogP contribution in [0.5, 0.6) is 11.5 Å². The van der Waals surface area contributed by atoms with Gasteiger partial charge in [-0.3, -0.25) is 0 Å². The first-order valence-electron chi connectivity index (χ1n) is 6.72. The number of benzene rings is 2. The minimum absolute atomic E-state index is 0.599. The molecule has 1 aliphatic heterocycles. The van der Waals surface area contributed by atoms with E-state index in [0.717, 1.165) is 31.7 Å². The van der Waals surface area contributed by atoms with Crippen LogP contribution in [0.25, 0.3) is 0 Å². The lowest BCUT2D eigenvalue weighted by atomic mass is 10.1. The highest BCUT2D eigenvalue weighted by Crippen LogP contribution is 2.36. The predicted molar refractivity (Wildman–Crippen MR) is 91.3 cm³/mol. The molecule has 0 fully saturated rings. The molecule has 5 heteroatoms. The van der Waals surface area contributed by atoms with E-state index in [-0.39, 0.29) is 0 Å². The highest BCUT2D eigenvalue weighted by Gasteiger charge is 2.16. The topological polar surface area (TPSA) is 30.5 Å². The summed E-state index contributed by atoms with van der Waals surface area (Å²) >= 11 is 7.20. The third-order valence-corrected chi connectivity index (χ3v) is 4.54. The number of para-hydroxylation sites is 1. The molecule has 21 heavy (non-hydrogen) atoms. The van der Waals surface area contributed by atoms with E-state index in [1.54, 1.807) is 0 Å². The van der Waals surface area contributed by atoms with Gasteiger partial charge in [0, 0.05) is 21.1 Å². The monoisotopic (exact) mass is 411 g/mol. The molecule has 3 nitrogen and oxygen atoms in total. The fourth-order valence-electron chi connectivity index (χ4n) is 2.33. The van der Waals surface area contributed by atoms with Crippen LogP contribution in [0.2, 0.25) is 0 Å². The Bertz CT molecular complexity index is 650. The summed E-state index contributed by atoms with van der Waals surface area (Å²) < 4.78 is 13.4. The molecule has 0 saturated carbocycles. The van der Waals surface area contributed by atoms with Crippen molar-refractivity contribution < 1.29 is 9.47 Å². The number of ether oxygens (including phenoxy) is 2. The summed E-state index contributed by atoms with van der Waals surface area (Å²) in [5, 5.41) is 3.45. The molecular weight excluding hydrogens is 398 g/mol. The molecule has 1 N–H and O–H groups in total. The van der Waals surface area contributed by atoms with Gasteiger partial charge in [0.2, 0.25) is 0 Å². The van der Waals surface area contributed by atoms with Gasteiger partial charge in [-0.05, 0) is 62.5 Å². The van der Waals surface area contributed by atoms with Crippen molar-refractivity contribution in [2.75, 3.05) is 18.5 Å². The van der Waals surface area contributed by atoms with Crippen molar-refractivity contribution in [2.45, 2.75) is 13.5 Å². The smallest absolute Gasteiger partial charge is 0.166 e. The van der Waals surface area contributed by atoms with Crippen molar-refractivity contribution in [3.63, 3.8) is 0 Å². The predicted octanol–water partition coefficient (Wildman–Crippen LogP) is 4.90. The van der Waals surface area contributed by atoms with Crippen LogP contribution < -0.4 is 14.8 Å². The summed E-state index contributed by atoms with van der Waals surface area (Å²) in [6, 6.07) is 10.2. The summed E-state index contributed by atoms with van der Waals surface area (Å²) in [7, 11) is 0. The van der Waals surface area contributed by atoms with Crippen LogP contribution >= 0.6 is 31.9 Å². The largest absolute Gasteiger partial charge is 0.486 e. The van der Waals surface area contributed by atoms with Gasteiger partial charge in [0.25, 0.3) is 0 Å². The average Bonchev–Trinajstić information content (AvgIpc) is 2.46. The van der Waals surface area contributed by atoms with Gasteiger partial charge in [0.05, 0.1) is 5.69 Å². The lowest BCUT2D eigenvalue weighted by Gasteiger charge is -2.21. The van der Waals surface area contributed by atoms with E-state index in [9.17, 15) is 0 Å². The highest BCUT2D eigenvalue weighted by atomic mass is 79.9. The second-order valence-electron chi connectivity index (χ2n) is 4.90. The van der Waals surface area contributed by atoms with Gasteiger partial charge >= 0.3 is 0 Å². The fourth-order valence-corrected chi connectivity index (χ4v) is 4.02. The SMILES string of the molecule is Cc1cc(Br)c(NCc2cccc3c2OCCO3)c(Br)c1. The standard InChI is InChI=1S/C16H15Br2NO2/c1-10-7-12(17)15(13(18)8-10)19-9-11-3-2-4-14-16(11)21-6-5-20-14/h2-4,7-8,19H,5-6,9H2,1H3. The molecule has 0 atom stereocenters. The van der Waals surface area contributed by atoms with E-state index in [1.165, 1.54) is 5.56 Å². The molecule has 1 aliphatic rings. The molecule has 3 rings (SSSR count). The van der Waals surface area contributed by atoms with Gasteiger partial charge in [-0.1, -0.05) is 12.1 Å². The molecule has 0 spiro atoms. The van der Waals surface area contributed by atoms with Gasteiger partial charge in [-0.15, -0.1) is 0 Å². The van der Waals surface area contributed by atoms with Crippen molar-refractivity contribution >= 4 is 37.5 Å². The first kappa shape index (κ1) is 14.7. The zero-order valence-electron chi connectivity index (χ0n) is 11.6. The Morgan fingerprint density at radius 3 is 2.57 bits per heavy atom. The maximum atomic E-state index is 5.73. The quantitative estimate of drug-likeness (QED) is 0.777. The van der Waals surface area contributed by atoms with E-state index in [4.69, 9.17) is 9.47 Å². The minimum Gasteiger partial charge on any atom is -0.486 e. The highest BCUT2D eigenvalue weighted by molar-refractivity contribution is 9.11. The van der Waals surface area contributed by atoms with Crippen LogP contribution in [-0.4, -0.2) is 13.2 Å². The second kappa shape index (κ2) is 6.28. The number of aryl methyl sites for hydroxylation is 1. The third kappa shape index (κ3) is 3.19. The van der Waals surface area contributed by atoms with Crippen LogP contribution in [0.4, 0.5) is 5.69 Å². The van der Waals surface area contributed by atoms with Crippen LogP contribution in [0.15, 0.2) is 39.3 Å². The summed E-state index contributed by atoms with van der Waals surface area (Å²) in [5.74, 6) is 1.66. The molecular formula is C16H15Br2NO2. The van der Waals surface area contributed by atoms with E-state index in [0.29, 0.717) is 19.8 Å². The maximum Gasteiger partial charge on any atom is 0.166 e. The minimum atomic E-state index is 0.599. The normalized spacial score (nSPS) is 13.1. The summed E-state index contributed by atoms with van der Waals surface area (Å²) in [6.45, 7) is 3.95. The Labute approximate surface area is 140 Å². The molecule has 0 radical (unpaired) electrons. The molecule has 0 aromatic heterocycles. The fraction of sp³-hybridized carbons (Fsp3) is 0.250. The molecule has 0 saturated heterocycles. The molecule has 0 unspecified atom stereocenters. The van der Waals surface area contributed by atoms with Crippen molar-refractivity contribution in [1.82, 2.24) is 0 Å². The number of hydrogen-bond acceptors (Lipinski definition) is 3. The Morgan fingerprint density at radius 2 is 1.81 bits per heavy atom. The zero-order chi connectivity index (χ0) is 14.8. The molecule has 0 bridgehead atoms. The number of hydrogen-bond donors (Lipinski definition) is 1. The zero-order valence-corrected chi connectivity index (χ0v) is 14.8. The first-order valence-corrected chi connectivity index (χ1v) is 8.31. The van der Waals surface area contributed by atoms with Crippen molar-refractivity contribution in [3.05, 3.63) is 50.4 Å². The van der Waals surface area contributed by atoms with E-state index >= 15 is 0 Å². The van der Waals surface area contributed by atoms with Crippen molar-refractivity contribution in [3.8, 4) is 11.5 Å². The molecule has 0 aliphatic carbocycles. The van der Waals surface area contributed by atoms with E-state index in [1.807, 2.05) is 12.1 Å². The number of halogens is 2. The van der Waals surface area contributed by atoms with Gasteiger partial charge in [0.15, 0.2) is 11.5 Å². The number of fused-ring (bicyclic) bond motifs is 1. The molecule has 2 aromatic carbocycles. The lowest BCUT2D eigenvalue weighted by molar-refractivity contribution is 0.170. The number of nitrogens with one attached hydrogen (secondary N) is 1. The van der Waals surface area contributed by atoms with Crippen LogP contribution in [0.1, 0.15) is 11.1 Å². The number of rotatable bonds is 3. The van der Waals surface area contributed by atoms with Gasteiger partial charge < -0.3 is 14.8 Å². The summed E-state index contributed by atoms with van der Waals surface area (Å²) in [5.41, 5.74) is 3.33. The Morgan fingerprint density at radius 1 is 1.10 bits per heavy atom. The van der Waals surface area contributed by atoms with Gasteiger partial charge in [-0.2, -0.15) is 0 Å². The maximum absolute atomic E-state index is 5.73. The molecule has 1 heterocycles. The summed E-state index contributed by atoms with van der Waals surface area (Å²) in [6.07, 6.45) is 0. The van der Waals surface area contributed by atoms with Gasteiger partial charge in [0.1, 0.15) is 13.2 Å². The van der Waals surface area contributed by atoms with Crippen molar-refractivity contribution in [2.24, 2.45) is 0 Å². The molecule has 2 aromatic rings. The third-order valence-electron chi connectivity index (χ3n) is 3.29. The van der Waals surface area contributed by atoms with Crippen molar-refractivity contribution in [1.29, 1.82) is 0 Å². The van der Waals surface area contributed by atoms with E-state index < -0.39 is 0 Å². The van der Waals surface area contributed by atoms with Crippen LogP contribution in [-0.2, 0) is 6.54 Å². The Kier molecular flexibility index (Phi) is 4.40. The van der Waals surface area contributed by atoms with Crippen LogP contribution in [0, 0.1) is 6.92 Å². The molecule has 0 amide bonds. The second-order valence-corrected chi connectivity index (χ2v) is 6.61. The van der Waals surface area contributed by atoms with Crippen LogP contribution in [0.3, 0.4) is 0 Å². The lowest BCUT2D eigenvalue weighted by Crippen LogP contribution is -2.17.